The Balaban J connectivity index is 1.76. The van der Waals surface area contributed by atoms with Crippen LogP contribution in [-0.4, -0.2) is 128 Å². The van der Waals surface area contributed by atoms with E-state index < -0.39 is 64.4 Å². The van der Waals surface area contributed by atoms with E-state index in [4.69, 9.17) is 15.2 Å². The number of anilines is 1. The average Bonchev–Trinajstić information content (AvgIpc) is 3.02. The minimum Gasteiger partial charge on any atom is -0.507 e. The molecule has 0 saturated heterocycles. The number of carbonyl (C=O) groups excluding carboxylic acids is 7. The topological polar surface area (TPSA) is 214 Å². The Kier molecular flexibility index (Phi) is 11.3. The molecule has 0 spiro atoms. The molecule has 268 valence electrons. The lowest BCUT2D eigenvalue weighted by atomic mass is 9.52. The number of Topliss-reactive ketones (excluding diaryl/α,β-unsaturated/α-hetero) is 4. The molecule has 6 unspecified atom stereocenters. The number of phenolic OH excluding ortho intramolecular Hbond substituents is 1. The predicted molar refractivity (Wildman–Crippen MR) is 173 cm³/mol. The summed E-state index contributed by atoms with van der Waals surface area (Å²) in [7, 11) is 9.20. The van der Waals surface area contributed by atoms with E-state index in [2.05, 4.69) is 0 Å². The number of methoxy groups -OCH3 is 2. The lowest BCUT2D eigenvalue weighted by Crippen LogP contribution is -2.74. The maximum Gasteiger partial charge on any atom is 0.305 e. The van der Waals surface area contributed by atoms with Crippen LogP contribution < -0.4 is 10.6 Å². The third-order valence-electron chi connectivity index (χ3n) is 10.2. The quantitative estimate of drug-likeness (QED) is 0.179. The van der Waals surface area contributed by atoms with Crippen LogP contribution in [0.5, 0.6) is 5.75 Å². The molecule has 1 aromatic carbocycles. The van der Waals surface area contributed by atoms with Gasteiger partial charge in [0, 0.05) is 50.7 Å². The molecule has 0 aromatic heterocycles. The van der Waals surface area contributed by atoms with Gasteiger partial charge in [0.1, 0.15) is 5.75 Å². The van der Waals surface area contributed by atoms with Crippen molar-refractivity contribution in [3.8, 4) is 5.75 Å². The molecule has 1 amide bonds. The molecule has 49 heavy (non-hydrogen) atoms. The molecule has 3 aliphatic carbocycles. The summed E-state index contributed by atoms with van der Waals surface area (Å²) >= 11 is 0. The number of hydrogen-bond acceptors (Lipinski definition) is 14. The summed E-state index contributed by atoms with van der Waals surface area (Å²) in [6.45, 7) is 0.907. The van der Waals surface area contributed by atoms with Crippen molar-refractivity contribution in [2.75, 3.05) is 60.4 Å². The van der Waals surface area contributed by atoms with Crippen LogP contribution in [0.1, 0.15) is 53.6 Å². The number of benzene rings is 1. The Morgan fingerprint density at radius 3 is 2.02 bits per heavy atom. The van der Waals surface area contributed by atoms with Gasteiger partial charge in [0.15, 0.2) is 34.7 Å². The number of aliphatic hydroxyl groups is 1. The number of primary amides is 1. The van der Waals surface area contributed by atoms with Crippen LogP contribution in [0.3, 0.4) is 0 Å². The SMILES string of the molecule is COC(=O)CCCN(CCCC(=O)OC)Cc1cc(N(C)C)c2c(c1O)C(=O)C1C(=O)C3(O)C(=O)C(C(N)=O)C(=O)C(N(C)C)C3CC1C2. The number of phenols is 1. The largest absolute Gasteiger partial charge is 0.507 e. The van der Waals surface area contributed by atoms with Crippen molar-refractivity contribution < 1.29 is 53.2 Å². The average molecular weight is 687 g/mol. The zero-order valence-corrected chi connectivity index (χ0v) is 28.8. The van der Waals surface area contributed by atoms with E-state index in [-0.39, 0.29) is 55.5 Å². The molecule has 4 N–H and O–H groups in total. The van der Waals surface area contributed by atoms with E-state index in [0.29, 0.717) is 42.7 Å². The van der Waals surface area contributed by atoms with Crippen LogP contribution in [0.15, 0.2) is 6.07 Å². The third-order valence-corrected chi connectivity index (χ3v) is 10.2. The Morgan fingerprint density at radius 1 is 0.959 bits per heavy atom. The van der Waals surface area contributed by atoms with Crippen LogP contribution in [-0.2, 0) is 51.2 Å². The fourth-order valence-corrected chi connectivity index (χ4v) is 7.83. The van der Waals surface area contributed by atoms with Crippen molar-refractivity contribution in [1.29, 1.82) is 0 Å². The fraction of sp³-hybridized carbons (Fsp3) is 0.618. The molecule has 0 radical (unpaired) electrons. The van der Waals surface area contributed by atoms with E-state index >= 15 is 0 Å². The minimum absolute atomic E-state index is 0.0482. The van der Waals surface area contributed by atoms with Crippen molar-refractivity contribution in [3.63, 3.8) is 0 Å². The van der Waals surface area contributed by atoms with Gasteiger partial charge in [0.25, 0.3) is 0 Å². The predicted octanol–water partition coefficient (Wildman–Crippen LogP) is -0.359. The number of nitrogens with two attached hydrogens (primary N) is 1. The maximum absolute atomic E-state index is 14.4. The number of carbonyl (C=O) groups is 7. The molecular formula is C34H46N4O11. The summed E-state index contributed by atoms with van der Waals surface area (Å²) in [5.41, 5.74) is 3.95. The molecular weight excluding hydrogens is 640 g/mol. The van der Waals surface area contributed by atoms with Gasteiger partial charge < -0.3 is 30.3 Å². The number of ether oxygens (including phenoxy) is 2. The number of aromatic hydroxyl groups is 1. The molecule has 3 aliphatic rings. The summed E-state index contributed by atoms with van der Waals surface area (Å²) in [6.07, 6.45) is 1.22. The Hall–Kier alpha value is -4.21. The number of likely N-dealkylation sites (N-methyl/N-ethyl adjacent to an activating group) is 1. The van der Waals surface area contributed by atoms with Crippen molar-refractivity contribution in [1.82, 2.24) is 9.80 Å². The molecule has 1 aromatic rings. The van der Waals surface area contributed by atoms with E-state index in [1.165, 1.54) is 33.2 Å². The highest BCUT2D eigenvalue weighted by Gasteiger charge is 2.69. The van der Waals surface area contributed by atoms with Crippen LogP contribution in [0.4, 0.5) is 5.69 Å². The highest BCUT2D eigenvalue weighted by molar-refractivity contribution is 6.32. The number of fused-ring (bicyclic) bond motifs is 3. The number of hydrogen-bond donors (Lipinski definition) is 3. The van der Waals surface area contributed by atoms with Crippen LogP contribution in [0.25, 0.3) is 0 Å². The molecule has 0 heterocycles. The normalized spacial score (nSPS) is 26.3. The molecule has 0 bridgehead atoms. The highest BCUT2D eigenvalue weighted by Crippen LogP contribution is 2.52. The molecule has 2 saturated carbocycles. The second-order valence-electron chi connectivity index (χ2n) is 13.6. The van der Waals surface area contributed by atoms with Gasteiger partial charge in [-0.15, -0.1) is 0 Å². The number of nitrogens with zero attached hydrogens (tertiary/aromatic N) is 3. The second-order valence-corrected chi connectivity index (χ2v) is 13.6. The third kappa shape index (κ3) is 6.83. The van der Waals surface area contributed by atoms with Gasteiger partial charge in [-0.1, -0.05) is 0 Å². The molecule has 2 fully saturated rings. The van der Waals surface area contributed by atoms with Crippen molar-refractivity contribution >= 4 is 46.7 Å². The molecule has 0 aliphatic heterocycles. The summed E-state index contributed by atoms with van der Waals surface area (Å²) in [4.78, 5) is 96.5. The maximum atomic E-state index is 14.4. The first-order valence-electron chi connectivity index (χ1n) is 16.3. The van der Waals surface area contributed by atoms with Crippen molar-refractivity contribution in [3.05, 3.63) is 22.8 Å². The second kappa shape index (κ2) is 14.7. The smallest absolute Gasteiger partial charge is 0.305 e. The lowest BCUT2D eigenvalue weighted by Gasteiger charge is -2.52. The van der Waals surface area contributed by atoms with E-state index in [0.717, 1.165) is 0 Å². The Morgan fingerprint density at radius 2 is 1.53 bits per heavy atom. The van der Waals surface area contributed by atoms with Gasteiger partial charge in [-0.05, 0) is 70.4 Å². The van der Waals surface area contributed by atoms with Gasteiger partial charge in [-0.25, -0.2) is 0 Å². The minimum atomic E-state index is -2.81. The van der Waals surface area contributed by atoms with Crippen molar-refractivity contribution in [2.24, 2.45) is 29.4 Å². The first kappa shape index (κ1) is 37.6. The molecule has 6 atom stereocenters. The fourth-order valence-electron chi connectivity index (χ4n) is 7.83. The van der Waals surface area contributed by atoms with Gasteiger partial charge in [-0.3, -0.25) is 43.4 Å². The highest BCUT2D eigenvalue weighted by atomic mass is 16.5. The summed E-state index contributed by atoms with van der Waals surface area (Å²) in [5.74, 6) is -11.9. The van der Waals surface area contributed by atoms with Crippen LogP contribution in [0, 0.1) is 23.7 Å². The van der Waals surface area contributed by atoms with Gasteiger partial charge in [0.2, 0.25) is 5.91 Å². The summed E-state index contributed by atoms with van der Waals surface area (Å²) in [5, 5.41) is 23.6. The summed E-state index contributed by atoms with van der Waals surface area (Å²) in [6, 6.07) is 0.569. The number of esters is 2. The monoisotopic (exact) mass is 686 g/mol. The van der Waals surface area contributed by atoms with Crippen LogP contribution in [0.2, 0.25) is 0 Å². The van der Waals surface area contributed by atoms with E-state index in [1.54, 1.807) is 25.1 Å². The number of rotatable bonds is 13. The molecule has 15 nitrogen and oxygen atoms in total. The van der Waals surface area contributed by atoms with Gasteiger partial charge in [-0.2, -0.15) is 0 Å². The number of ketones is 4. The number of amides is 1. The first-order valence-corrected chi connectivity index (χ1v) is 16.3. The molecule has 4 rings (SSSR count). The van der Waals surface area contributed by atoms with E-state index in [9.17, 15) is 43.8 Å². The zero-order valence-electron chi connectivity index (χ0n) is 28.8. The molecule has 15 heteroatoms. The zero-order chi connectivity index (χ0) is 36.5. The standard InChI is InChI=1S/C34H46N4O11/c1-36(2)21-15-18(16-38(11-7-9-22(39)48-5)12-8-10-23(40)49-6)28(41)25-19(21)13-17-14-20-27(37(3)4)30(43)26(33(35)46)32(45)34(20,47)31(44)24(17)29(25)42/h15,17,20,24,26-27,41,47H,7-14,16H2,1-6H3,(H2,35,46). The summed E-state index contributed by atoms with van der Waals surface area (Å²) < 4.78 is 9.48. The van der Waals surface area contributed by atoms with Crippen molar-refractivity contribution in [2.45, 2.75) is 56.7 Å². The lowest BCUT2D eigenvalue weighted by molar-refractivity contribution is -0.181. The Bertz CT molecular complexity index is 1530. The van der Waals surface area contributed by atoms with Gasteiger partial charge >= 0.3 is 11.9 Å². The first-order chi connectivity index (χ1) is 23.0. The van der Waals surface area contributed by atoms with Gasteiger partial charge in [0.05, 0.1) is 31.7 Å². The Labute approximate surface area is 284 Å². The van der Waals surface area contributed by atoms with Crippen LogP contribution >= 0.6 is 0 Å². The van der Waals surface area contributed by atoms with E-state index in [1.807, 2.05) is 4.90 Å².